The van der Waals surface area contributed by atoms with Crippen LogP contribution in [0.15, 0.2) is 36.9 Å². The molecule has 0 unspecified atom stereocenters. The van der Waals surface area contributed by atoms with E-state index < -0.39 is 0 Å². The summed E-state index contributed by atoms with van der Waals surface area (Å²) in [6.45, 7) is 3.68. The van der Waals surface area contributed by atoms with Crippen molar-refractivity contribution in [2.45, 2.75) is 26.3 Å². The molecule has 0 saturated heterocycles. The lowest BCUT2D eigenvalue weighted by Gasteiger charge is -2.10. The number of aromatic nitrogens is 2. The number of imidazole rings is 1. The molecule has 4 heteroatoms. The van der Waals surface area contributed by atoms with Crippen LogP contribution in [0.5, 0.6) is 5.75 Å². The minimum absolute atomic E-state index is 0.661. The number of nitrogen functional groups attached to an aromatic ring is 1. The summed E-state index contributed by atoms with van der Waals surface area (Å²) in [7, 11) is 0. The van der Waals surface area contributed by atoms with Crippen molar-refractivity contribution in [1.82, 2.24) is 9.55 Å². The van der Waals surface area contributed by atoms with Gasteiger partial charge in [0.1, 0.15) is 5.75 Å². The van der Waals surface area contributed by atoms with Gasteiger partial charge >= 0.3 is 0 Å². The Balaban J connectivity index is 1.79. The molecule has 96 valence electrons. The highest BCUT2D eigenvalue weighted by atomic mass is 16.5. The molecule has 0 aliphatic heterocycles. The number of aryl methyl sites for hydroxylation is 2. The highest BCUT2D eigenvalue weighted by Crippen LogP contribution is 2.22. The van der Waals surface area contributed by atoms with E-state index in [-0.39, 0.29) is 0 Å². The normalized spacial score (nSPS) is 10.5. The van der Waals surface area contributed by atoms with Gasteiger partial charge in [-0.2, -0.15) is 0 Å². The molecule has 0 amide bonds. The Kier molecular flexibility index (Phi) is 4.23. The predicted octanol–water partition coefficient (Wildman–Crippen LogP) is 2.50. The Morgan fingerprint density at radius 1 is 1.39 bits per heavy atom. The third kappa shape index (κ3) is 3.26. The van der Waals surface area contributed by atoms with Crippen LogP contribution in [-0.4, -0.2) is 16.2 Å². The second-order valence-corrected chi connectivity index (χ2v) is 4.23. The van der Waals surface area contributed by atoms with Crippen molar-refractivity contribution in [2.75, 3.05) is 12.3 Å². The van der Waals surface area contributed by atoms with Crippen molar-refractivity contribution in [3.8, 4) is 5.75 Å². The number of anilines is 1. The van der Waals surface area contributed by atoms with Crippen LogP contribution in [0.1, 0.15) is 18.9 Å². The third-order valence-corrected chi connectivity index (χ3v) is 2.86. The van der Waals surface area contributed by atoms with E-state index >= 15 is 0 Å². The van der Waals surface area contributed by atoms with Gasteiger partial charge < -0.3 is 15.0 Å². The molecule has 18 heavy (non-hydrogen) atoms. The Bertz CT molecular complexity index is 480. The first-order chi connectivity index (χ1) is 8.79. The number of nitrogens with zero attached hydrogens (tertiary/aromatic N) is 2. The van der Waals surface area contributed by atoms with Crippen LogP contribution in [0, 0.1) is 0 Å². The van der Waals surface area contributed by atoms with Crippen molar-refractivity contribution in [3.05, 3.63) is 42.5 Å². The average Bonchev–Trinajstić information content (AvgIpc) is 2.89. The maximum absolute atomic E-state index is 5.93. The number of ether oxygens (including phenoxy) is 1. The van der Waals surface area contributed by atoms with E-state index in [4.69, 9.17) is 10.5 Å². The lowest BCUT2D eigenvalue weighted by atomic mass is 10.1. The van der Waals surface area contributed by atoms with Crippen molar-refractivity contribution >= 4 is 5.69 Å². The van der Waals surface area contributed by atoms with E-state index in [9.17, 15) is 0 Å². The van der Waals surface area contributed by atoms with Gasteiger partial charge in [-0.1, -0.05) is 13.0 Å². The molecular weight excluding hydrogens is 226 g/mol. The van der Waals surface area contributed by atoms with Crippen molar-refractivity contribution in [2.24, 2.45) is 0 Å². The van der Waals surface area contributed by atoms with Gasteiger partial charge in [0.15, 0.2) is 0 Å². The fraction of sp³-hybridized carbons (Fsp3) is 0.357. The highest BCUT2D eigenvalue weighted by Gasteiger charge is 2.01. The summed E-state index contributed by atoms with van der Waals surface area (Å²) in [6, 6.07) is 5.98. The molecule has 1 heterocycles. The minimum Gasteiger partial charge on any atom is -0.491 e. The lowest BCUT2D eigenvalue weighted by Crippen LogP contribution is -2.04. The number of hydrogen-bond donors (Lipinski definition) is 1. The molecule has 2 aromatic rings. The Labute approximate surface area is 107 Å². The van der Waals surface area contributed by atoms with Crippen LogP contribution < -0.4 is 10.5 Å². The van der Waals surface area contributed by atoms with Gasteiger partial charge in [-0.3, -0.25) is 0 Å². The molecule has 1 aromatic carbocycles. The fourth-order valence-electron chi connectivity index (χ4n) is 1.80. The Hall–Kier alpha value is -1.97. The van der Waals surface area contributed by atoms with Crippen LogP contribution in [0.2, 0.25) is 0 Å². The Morgan fingerprint density at radius 2 is 2.28 bits per heavy atom. The van der Waals surface area contributed by atoms with Gasteiger partial charge in [0.25, 0.3) is 0 Å². The monoisotopic (exact) mass is 245 g/mol. The van der Waals surface area contributed by atoms with E-state index in [1.54, 1.807) is 6.20 Å². The number of hydrogen-bond acceptors (Lipinski definition) is 3. The molecule has 0 aliphatic rings. The lowest BCUT2D eigenvalue weighted by molar-refractivity contribution is 0.303. The van der Waals surface area contributed by atoms with Gasteiger partial charge in [-0.25, -0.2) is 4.98 Å². The zero-order chi connectivity index (χ0) is 12.8. The van der Waals surface area contributed by atoms with E-state index in [0.29, 0.717) is 6.61 Å². The van der Waals surface area contributed by atoms with Crippen molar-refractivity contribution in [3.63, 3.8) is 0 Å². The van der Waals surface area contributed by atoms with Crippen LogP contribution in [-0.2, 0) is 13.0 Å². The van der Waals surface area contributed by atoms with E-state index in [0.717, 1.165) is 30.8 Å². The van der Waals surface area contributed by atoms with Crippen LogP contribution in [0.3, 0.4) is 0 Å². The zero-order valence-corrected chi connectivity index (χ0v) is 10.7. The summed E-state index contributed by atoms with van der Waals surface area (Å²) in [5.74, 6) is 0.776. The molecule has 4 nitrogen and oxygen atoms in total. The summed E-state index contributed by atoms with van der Waals surface area (Å²) in [5.41, 5.74) is 7.89. The van der Waals surface area contributed by atoms with E-state index in [1.807, 2.05) is 29.2 Å². The second kappa shape index (κ2) is 6.10. The maximum atomic E-state index is 5.93. The average molecular weight is 245 g/mol. The molecule has 1 aromatic heterocycles. The van der Waals surface area contributed by atoms with Gasteiger partial charge in [0.05, 0.1) is 18.6 Å². The summed E-state index contributed by atoms with van der Waals surface area (Å²) < 4.78 is 7.71. The second-order valence-electron chi connectivity index (χ2n) is 4.23. The van der Waals surface area contributed by atoms with Crippen molar-refractivity contribution < 1.29 is 4.74 Å². The topological polar surface area (TPSA) is 53.1 Å². The first kappa shape index (κ1) is 12.5. The smallest absolute Gasteiger partial charge is 0.142 e. The quantitative estimate of drug-likeness (QED) is 0.628. The summed E-state index contributed by atoms with van der Waals surface area (Å²) in [5, 5.41) is 0. The third-order valence-electron chi connectivity index (χ3n) is 2.86. The first-order valence-electron chi connectivity index (χ1n) is 6.26. The predicted molar refractivity (Wildman–Crippen MR) is 72.6 cm³/mol. The number of nitrogens with two attached hydrogens (primary N) is 1. The summed E-state index contributed by atoms with van der Waals surface area (Å²) in [4.78, 5) is 3.99. The zero-order valence-electron chi connectivity index (χ0n) is 10.7. The standard InChI is InChI=1S/C14H19N3O/c1-2-12-4-5-14(13(15)10-12)18-9-3-7-17-8-6-16-11-17/h4-6,8,10-11H,2-3,7,9,15H2,1H3. The molecule has 0 fully saturated rings. The molecule has 0 bridgehead atoms. The van der Waals surface area contributed by atoms with E-state index in [2.05, 4.69) is 18.0 Å². The molecule has 2 N–H and O–H groups in total. The van der Waals surface area contributed by atoms with Gasteiger partial charge in [-0.15, -0.1) is 0 Å². The molecule has 2 rings (SSSR count). The van der Waals surface area contributed by atoms with Gasteiger partial charge in [0, 0.05) is 18.9 Å². The maximum Gasteiger partial charge on any atom is 0.142 e. The largest absolute Gasteiger partial charge is 0.491 e. The molecule has 0 radical (unpaired) electrons. The summed E-state index contributed by atoms with van der Waals surface area (Å²) >= 11 is 0. The van der Waals surface area contributed by atoms with Crippen LogP contribution >= 0.6 is 0 Å². The van der Waals surface area contributed by atoms with Gasteiger partial charge in [0.2, 0.25) is 0 Å². The number of benzene rings is 1. The van der Waals surface area contributed by atoms with Crippen molar-refractivity contribution in [1.29, 1.82) is 0 Å². The SMILES string of the molecule is CCc1ccc(OCCCn2ccnc2)c(N)c1. The number of rotatable bonds is 6. The molecule has 0 atom stereocenters. The molecule has 0 saturated carbocycles. The minimum atomic E-state index is 0.661. The molecular formula is C14H19N3O. The molecule has 0 aliphatic carbocycles. The van der Waals surface area contributed by atoms with Crippen LogP contribution in [0.25, 0.3) is 0 Å². The Morgan fingerprint density at radius 3 is 2.94 bits per heavy atom. The molecule has 0 spiro atoms. The first-order valence-corrected chi connectivity index (χ1v) is 6.26. The van der Waals surface area contributed by atoms with E-state index in [1.165, 1.54) is 5.56 Å². The highest BCUT2D eigenvalue weighted by molar-refractivity contribution is 5.54. The fourth-order valence-corrected chi connectivity index (χ4v) is 1.80. The van der Waals surface area contributed by atoms with Crippen LogP contribution in [0.4, 0.5) is 5.69 Å². The van der Waals surface area contributed by atoms with Gasteiger partial charge in [-0.05, 0) is 30.5 Å². The summed E-state index contributed by atoms with van der Waals surface area (Å²) in [6.07, 6.45) is 7.47.